The zero-order chi connectivity index (χ0) is 12.0. The maximum atomic E-state index is 11.6. The van der Waals surface area contributed by atoms with E-state index >= 15 is 0 Å². The number of nitriles is 1. The second-order valence-electron chi connectivity index (χ2n) is 4.59. The predicted molar refractivity (Wildman–Crippen MR) is 67.0 cm³/mol. The van der Waals surface area contributed by atoms with Crippen LogP contribution in [0.5, 0.6) is 0 Å². The summed E-state index contributed by atoms with van der Waals surface area (Å²) < 4.78 is 0. The Bertz CT molecular complexity index is 275. The summed E-state index contributed by atoms with van der Waals surface area (Å²) in [5.74, 6) is 2.14. The fourth-order valence-corrected chi connectivity index (χ4v) is 2.69. The van der Waals surface area contributed by atoms with Gasteiger partial charge in [-0.1, -0.05) is 26.7 Å². The highest BCUT2D eigenvalue weighted by molar-refractivity contribution is 8.00. The molecule has 0 radical (unpaired) electrons. The van der Waals surface area contributed by atoms with E-state index < -0.39 is 0 Å². The highest BCUT2D eigenvalue weighted by atomic mass is 32.2. The molecule has 3 nitrogen and oxygen atoms in total. The molecule has 1 fully saturated rings. The van der Waals surface area contributed by atoms with E-state index in [4.69, 9.17) is 5.26 Å². The van der Waals surface area contributed by atoms with Crippen molar-refractivity contribution in [3.63, 3.8) is 0 Å². The first-order valence-corrected chi connectivity index (χ1v) is 7.04. The molecule has 0 aliphatic heterocycles. The first kappa shape index (κ1) is 13.4. The van der Waals surface area contributed by atoms with Crippen LogP contribution in [0, 0.1) is 23.2 Å². The lowest BCUT2D eigenvalue weighted by molar-refractivity contribution is -0.119. The third-order valence-electron chi connectivity index (χ3n) is 3.45. The number of carbonyl (C=O) groups excluding carboxylic acids is 1. The molecule has 0 heterocycles. The van der Waals surface area contributed by atoms with Crippen molar-refractivity contribution in [3.05, 3.63) is 0 Å². The molecule has 3 atom stereocenters. The molecule has 0 saturated heterocycles. The zero-order valence-corrected chi connectivity index (χ0v) is 10.8. The largest absolute Gasteiger partial charge is 0.352 e. The Morgan fingerprint density at radius 2 is 2.25 bits per heavy atom. The van der Waals surface area contributed by atoms with Gasteiger partial charge in [0.2, 0.25) is 5.91 Å². The summed E-state index contributed by atoms with van der Waals surface area (Å²) in [6.45, 7) is 4.48. The van der Waals surface area contributed by atoms with Gasteiger partial charge >= 0.3 is 0 Å². The highest BCUT2D eigenvalue weighted by Crippen LogP contribution is 2.29. The van der Waals surface area contributed by atoms with Crippen LogP contribution >= 0.6 is 11.8 Å². The summed E-state index contributed by atoms with van der Waals surface area (Å²) in [5, 5.41) is 11.5. The molecule has 90 valence electrons. The van der Waals surface area contributed by atoms with Crippen molar-refractivity contribution in [1.82, 2.24) is 5.32 Å². The van der Waals surface area contributed by atoms with Crippen molar-refractivity contribution in [1.29, 1.82) is 5.26 Å². The Kier molecular flexibility index (Phi) is 5.68. The van der Waals surface area contributed by atoms with Crippen molar-refractivity contribution in [2.24, 2.45) is 11.8 Å². The molecule has 1 saturated carbocycles. The van der Waals surface area contributed by atoms with Crippen molar-refractivity contribution in [2.45, 2.75) is 39.2 Å². The lowest BCUT2D eigenvalue weighted by atomic mass is 9.78. The normalized spacial score (nSPS) is 29.4. The smallest absolute Gasteiger partial charge is 0.230 e. The van der Waals surface area contributed by atoms with Crippen molar-refractivity contribution >= 4 is 17.7 Å². The van der Waals surface area contributed by atoms with Gasteiger partial charge in [0.15, 0.2) is 0 Å². The SMILES string of the molecule is CC1CCCC(NC(=O)CSCC#N)C1C. The van der Waals surface area contributed by atoms with Gasteiger partial charge in [-0.05, 0) is 18.3 Å². The van der Waals surface area contributed by atoms with Crippen LogP contribution in [-0.2, 0) is 4.79 Å². The fraction of sp³-hybridized carbons (Fsp3) is 0.833. The maximum absolute atomic E-state index is 11.6. The van der Waals surface area contributed by atoms with Crippen molar-refractivity contribution in [2.75, 3.05) is 11.5 Å². The molecule has 1 amide bonds. The molecular weight excluding hydrogens is 220 g/mol. The third-order valence-corrected chi connectivity index (χ3v) is 4.25. The Morgan fingerprint density at radius 1 is 1.50 bits per heavy atom. The van der Waals surface area contributed by atoms with Gasteiger partial charge in [-0.15, -0.1) is 11.8 Å². The van der Waals surface area contributed by atoms with Crippen LogP contribution in [0.2, 0.25) is 0 Å². The number of amides is 1. The van der Waals surface area contributed by atoms with E-state index in [1.165, 1.54) is 24.6 Å². The zero-order valence-electron chi connectivity index (χ0n) is 10.0. The summed E-state index contributed by atoms with van der Waals surface area (Å²) in [5.41, 5.74) is 0. The van der Waals surface area contributed by atoms with Crippen LogP contribution in [0.3, 0.4) is 0 Å². The lowest BCUT2D eigenvalue weighted by Crippen LogP contribution is -2.44. The first-order valence-electron chi connectivity index (χ1n) is 5.89. The molecule has 1 aliphatic carbocycles. The van der Waals surface area contributed by atoms with Gasteiger partial charge in [-0.2, -0.15) is 5.26 Å². The summed E-state index contributed by atoms with van der Waals surface area (Å²) in [6.07, 6.45) is 3.58. The van der Waals surface area contributed by atoms with E-state index in [2.05, 4.69) is 19.2 Å². The van der Waals surface area contributed by atoms with Gasteiger partial charge in [-0.25, -0.2) is 0 Å². The molecule has 1 N–H and O–H groups in total. The summed E-state index contributed by atoms with van der Waals surface area (Å²) in [7, 11) is 0. The van der Waals surface area contributed by atoms with Crippen LogP contribution in [0.25, 0.3) is 0 Å². The molecule has 0 spiro atoms. The topological polar surface area (TPSA) is 52.9 Å². The fourth-order valence-electron chi connectivity index (χ4n) is 2.22. The average molecular weight is 240 g/mol. The van der Waals surface area contributed by atoms with E-state index in [0.29, 0.717) is 29.4 Å². The Morgan fingerprint density at radius 3 is 2.94 bits per heavy atom. The van der Waals surface area contributed by atoms with Gasteiger partial charge in [0.1, 0.15) is 0 Å². The molecule has 0 aromatic carbocycles. The molecule has 0 bridgehead atoms. The second-order valence-corrected chi connectivity index (χ2v) is 5.58. The van der Waals surface area contributed by atoms with Gasteiger partial charge in [0.25, 0.3) is 0 Å². The number of carbonyl (C=O) groups is 1. The van der Waals surface area contributed by atoms with Crippen molar-refractivity contribution < 1.29 is 4.79 Å². The van der Waals surface area contributed by atoms with Gasteiger partial charge < -0.3 is 5.32 Å². The molecule has 16 heavy (non-hydrogen) atoms. The molecule has 1 rings (SSSR count). The molecular formula is C12H20N2OS. The third kappa shape index (κ3) is 4.05. The van der Waals surface area contributed by atoms with E-state index in [1.807, 2.05) is 6.07 Å². The minimum absolute atomic E-state index is 0.0752. The quantitative estimate of drug-likeness (QED) is 0.766. The number of nitrogens with zero attached hydrogens (tertiary/aromatic N) is 1. The Labute approximate surface area is 102 Å². The van der Waals surface area contributed by atoms with Gasteiger partial charge in [-0.3, -0.25) is 4.79 Å². The predicted octanol–water partition coefficient (Wildman–Crippen LogP) is 2.18. The monoisotopic (exact) mass is 240 g/mol. The number of nitrogens with one attached hydrogen (secondary N) is 1. The van der Waals surface area contributed by atoms with E-state index in [9.17, 15) is 4.79 Å². The number of hydrogen-bond acceptors (Lipinski definition) is 3. The van der Waals surface area contributed by atoms with Crippen LogP contribution in [0.15, 0.2) is 0 Å². The van der Waals surface area contributed by atoms with E-state index in [-0.39, 0.29) is 5.91 Å². The molecule has 1 aliphatic rings. The van der Waals surface area contributed by atoms with Gasteiger partial charge in [0.05, 0.1) is 17.6 Å². The minimum atomic E-state index is 0.0752. The van der Waals surface area contributed by atoms with Crippen LogP contribution in [0.4, 0.5) is 0 Å². The molecule has 0 aromatic rings. The summed E-state index contributed by atoms with van der Waals surface area (Å²) >= 11 is 1.38. The minimum Gasteiger partial charge on any atom is -0.352 e. The van der Waals surface area contributed by atoms with Crippen LogP contribution < -0.4 is 5.32 Å². The number of rotatable bonds is 4. The molecule has 0 aromatic heterocycles. The second kappa shape index (κ2) is 6.80. The Balaban J connectivity index is 2.30. The molecule has 4 heteroatoms. The first-order chi connectivity index (χ1) is 7.65. The van der Waals surface area contributed by atoms with Crippen molar-refractivity contribution in [3.8, 4) is 6.07 Å². The number of thioether (sulfide) groups is 1. The average Bonchev–Trinajstić information content (AvgIpc) is 2.25. The standard InChI is InChI=1S/C12H20N2OS/c1-9-4-3-5-11(10(9)2)14-12(15)8-16-7-6-13/h9-11H,3-5,7-8H2,1-2H3,(H,14,15). The Hall–Kier alpha value is -0.690. The van der Waals surface area contributed by atoms with E-state index in [1.54, 1.807) is 0 Å². The van der Waals surface area contributed by atoms with Gasteiger partial charge in [0, 0.05) is 6.04 Å². The summed E-state index contributed by atoms with van der Waals surface area (Å²) in [4.78, 5) is 11.6. The maximum Gasteiger partial charge on any atom is 0.230 e. The molecule has 3 unspecified atom stereocenters. The lowest BCUT2D eigenvalue weighted by Gasteiger charge is -2.34. The van der Waals surface area contributed by atoms with Crippen LogP contribution in [0.1, 0.15) is 33.1 Å². The highest BCUT2D eigenvalue weighted by Gasteiger charge is 2.27. The number of hydrogen-bond donors (Lipinski definition) is 1. The van der Waals surface area contributed by atoms with E-state index in [0.717, 1.165) is 6.42 Å². The van der Waals surface area contributed by atoms with Crippen LogP contribution in [-0.4, -0.2) is 23.5 Å². The summed E-state index contributed by atoms with van der Waals surface area (Å²) in [6, 6.07) is 2.36.